The van der Waals surface area contributed by atoms with E-state index in [-0.39, 0.29) is 29.4 Å². The summed E-state index contributed by atoms with van der Waals surface area (Å²) in [4.78, 5) is 14.3. The average molecular weight is 325 g/mol. The monoisotopic (exact) mass is 324 g/mol. The quantitative estimate of drug-likeness (QED) is 0.492. The van der Waals surface area contributed by atoms with E-state index in [4.69, 9.17) is 47.4 Å². The highest BCUT2D eigenvalue weighted by Gasteiger charge is 2.24. The number of hydrogen-bond acceptors (Lipinski definition) is 3. The van der Waals surface area contributed by atoms with E-state index in [1.165, 1.54) is 0 Å². The fraction of sp³-hybridized carbons (Fsp3) is 1.00. The minimum absolute atomic E-state index is 0.0323. The van der Waals surface area contributed by atoms with Crippen molar-refractivity contribution in [2.45, 2.75) is 44.1 Å². The summed E-state index contributed by atoms with van der Waals surface area (Å²) in [6.45, 7) is 6.28. The summed E-state index contributed by atoms with van der Waals surface area (Å²) in [6, 6.07) is 0. The van der Waals surface area contributed by atoms with Crippen molar-refractivity contribution >= 4 is 31.5 Å². The van der Waals surface area contributed by atoms with E-state index in [1.54, 1.807) is 0 Å². The maximum absolute atomic E-state index is 8.74. The summed E-state index contributed by atoms with van der Waals surface area (Å²) in [5.41, 5.74) is 0. The molecule has 0 aromatic heterocycles. The molecule has 0 radical (unpaired) electrons. The molecule has 0 aromatic carbocycles. The van der Waals surface area contributed by atoms with Gasteiger partial charge in [0, 0.05) is 16.7 Å². The Labute approximate surface area is 119 Å². The lowest BCUT2D eigenvalue weighted by Crippen LogP contribution is -2.30. The van der Waals surface area contributed by atoms with Crippen molar-refractivity contribution in [3.05, 3.63) is 0 Å². The highest BCUT2D eigenvalue weighted by Crippen LogP contribution is 2.24. The minimum atomic E-state index is -3.13. The number of aliphatic hydroxyl groups is 1. The lowest BCUT2D eigenvalue weighted by molar-refractivity contribution is 0.00345. The smallest absolute Gasteiger partial charge is 0.314 e. The van der Waals surface area contributed by atoms with Crippen LogP contribution >= 0.6 is 31.5 Å². The van der Waals surface area contributed by atoms with Gasteiger partial charge in [-0.05, 0) is 27.2 Å². The number of alkyl halides is 2. The Morgan fingerprint density at radius 2 is 1.67 bits per heavy atom. The molecule has 0 spiro atoms. The molecule has 0 aliphatic carbocycles. The van der Waals surface area contributed by atoms with Crippen molar-refractivity contribution in [2.75, 3.05) is 13.2 Å². The molecule has 0 saturated carbocycles. The Balaban J connectivity index is 0. The average Bonchev–Trinajstić information content (AvgIpc) is 2.21. The first-order valence-corrected chi connectivity index (χ1v) is 7.82. The van der Waals surface area contributed by atoms with Gasteiger partial charge in [0.15, 0.2) is 0 Å². The molecule has 8 heteroatoms. The number of hydrogen-bond donors (Lipinski definition) is 3. The van der Waals surface area contributed by atoms with Crippen LogP contribution in [0.5, 0.6) is 0 Å². The standard InChI is InChI=1S/C10H20Cl2O2.H3O3P/c1-7(11)6-10(8(2)12)9(3)14-5-4-13;1-4(2)3/h7-10,13H,4-6H2,1-3H3;4H,(H2,1,2,3). The van der Waals surface area contributed by atoms with Gasteiger partial charge in [0.1, 0.15) is 0 Å². The van der Waals surface area contributed by atoms with Gasteiger partial charge in [0.2, 0.25) is 0 Å². The summed E-state index contributed by atoms with van der Waals surface area (Å²) >= 11 is 12.0. The SMILES string of the molecule is CC(Cl)CC(C(C)Cl)C(C)OCCO.O=[PH](O)O. The molecule has 0 aliphatic rings. The van der Waals surface area contributed by atoms with Gasteiger partial charge in [0.05, 0.1) is 19.3 Å². The van der Waals surface area contributed by atoms with Crippen molar-refractivity contribution in [1.29, 1.82) is 0 Å². The molecule has 0 saturated heterocycles. The van der Waals surface area contributed by atoms with Gasteiger partial charge >= 0.3 is 8.25 Å². The highest BCUT2D eigenvalue weighted by atomic mass is 35.5. The molecule has 0 amide bonds. The molecule has 3 N–H and O–H groups in total. The zero-order valence-corrected chi connectivity index (χ0v) is 13.4. The topological polar surface area (TPSA) is 87.0 Å². The second-order valence-corrected chi connectivity index (χ2v) is 5.94. The van der Waals surface area contributed by atoms with Gasteiger partial charge < -0.3 is 19.6 Å². The third-order valence-electron chi connectivity index (χ3n) is 2.26. The van der Waals surface area contributed by atoms with Crippen LogP contribution in [-0.2, 0) is 9.30 Å². The zero-order chi connectivity index (χ0) is 14.7. The highest BCUT2D eigenvalue weighted by molar-refractivity contribution is 7.30. The van der Waals surface area contributed by atoms with Crippen LogP contribution in [0.1, 0.15) is 27.2 Å². The number of halogens is 2. The minimum Gasteiger partial charge on any atom is -0.394 e. The summed E-state index contributed by atoms with van der Waals surface area (Å²) in [6.07, 6.45) is 0.870. The van der Waals surface area contributed by atoms with Gasteiger partial charge in [-0.25, -0.2) is 0 Å². The molecule has 0 fully saturated rings. The van der Waals surface area contributed by atoms with Crippen molar-refractivity contribution < 1.29 is 24.2 Å². The lowest BCUT2D eigenvalue weighted by atomic mass is 9.94. The fourth-order valence-corrected chi connectivity index (χ4v) is 2.00. The molecule has 4 unspecified atom stereocenters. The molecule has 0 rings (SSSR count). The van der Waals surface area contributed by atoms with Crippen LogP contribution in [-0.4, -0.2) is 45.0 Å². The molecular formula is C10H23Cl2O5P. The Hall–Kier alpha value is 0.650. The summed E-state index contributed by atoms with van der Waals surface area (Å²) in [5, 5.41) is 8.76. The zero-order valence-electron chi connectivity index (χ0n) is 10.8. The maximum Gasteiger partial charge on any atom is 0.314 e. The predicted octanol–water partition coefficient (Wildman–Crippen LogP) is 2.01. The van der Waals surface area contributed by atoms with Crippen LogP contribution < -0.4 is 0 Å². The van der Waals surface area contributed by atoms with Crippen LogP contribution in [0.2, 0.25) is 0 Å². The molecular weight excluding hydrogens is 302 g/mol. The Morgan fingerprint density at radius 1 is 1.22 bits per heavy atom. The van der Waals surface area contributed by atoms with Crippen molar-refractivity contribution in [3.63, 3.8) is 0 Å². The fourth-order valence-electron chi connectivity index (χ4n) is 1.49. The molecule has 4 atom stereocenters. The van der Waals surface area contributed by atoms with Crippen LogP contribution in [0, 0.1) is 5.92 Å². The first kappa shape index (κ1) is 21.0. The van der Waals surface area contributed by atoms with E-state index in [2.05, 4.69) is 0 Å². The molecule has 18 heavy (non-hydrogen) atoms. The lowest BCUT2D eigenvalue weighted by Gasteiger charge is -2.27. The Kier molecular flexibility index (Phi) is 14.8. The first-order valence-electron chi connectivity index (χ1n) is 5.64. The van der Waals surface area contributed by atoms with E-state index in [9.17, 15) is 0 Å². The van der Waals surface area contributed by atoms with Gasteiger partial charge in [-0.2, -0.15) is 0 Å². The van der Waals surface area contributed by atoms with E-state index in [0.717, 1.165) is 6.42 Å². The molecule has 0 bridgehead atoms. The second kappa shape index (κ2) is 12.7. The Morgan fingerprint density at radius 3 is 1.94 bits per heavy atom. The van der Waals surface area contributed by atoms with Crippen LogP contribution in [0.4, 0.5) is 0 Å². The summed E-state index contributed by atoms with van der Waals surface area (Å²) in [5.74, 6) is 0.232. The number of rotatable bonds is 7. The Bertz CT molecular complexity index is 212. The molecule has 112 valence electrons. The van der Waals surface area contributed by atoms with E-state index < -0.39 is 8.25 Å². The van der Waals surface area contributed by atoms with E-state index >= 15 is 0 Å². The maximum atomic E-state index is 8.74. The normalized spacial score (nSPS) is 17.6. The molecule has 0 aromatic rings. The van der Waals surface area contributed by atoms with Gasteiger partial charge in [-0.1, -0.05) is 0 Å². The number of ether oxygens (including phenoxy) is 1. The summed E-state index contributed by atoms with van der Waals surface area (Å²) in [7, 11) is -3.13. The van der Waals surface area contributed by atoms with E-state index in [0.29, 0.717) is 6.61 Å². The summed E-state index contributed by atoms with van der Waals surface area (Å²) < 4.78 is 14.2. The molecule has 0 aliphatic heterocycles. The van der Waals surface area contributed by atoms with Crippen LogP contribution in [0.3, 0.4) is 0 Å². The van der Waals surface area contributed by atoms with Crippen molar-refractivity contribution in [3.8, 4) is 0 Å². The van der Waals surface area contributed by atoms with Crippen molar-refractivity contribution in [1.82, 2.24) is 0 Å². The number of aliphatic hydroxyl groups excluding tert-OH is 1. The van der Waals surface area contributed by atoms with E-state index in [1.807, 2.05) is 20.8 Å². The van der Waals surface area contributed by atoms with Gasteiger partial charge in [0.25, 0.3) is 0 Å². The second-order valence-electron chi connectivity index (χ2n) is 3.94. The van der Waals surface area contributed by atoms with Crippen molar-refractivity contribution in [2.24, 2.45) is 5.92 Å². The van der Waals surface area contributed by atoms with Gasteiger partial charge in [-0.3, -0.25) is 4.57 Å². The molecule has 5 nitrogen and oxygen atoms in total. The molecule has 0 heterocycles. The van der Waals surface area contributed by atoms with Crippen LogP contribution in [0.15, 0.2) is 0 Å². The largest absolute Gasteiger partial charge is 0.394 e. The predicted molar refractivity (Wildman–Crippen MR) is 74.7 cm³/mol. The first-order chi connectivity index (χ1) is 8.22. The third-order valence-corrected chi connectivity index (χ3v) is 2.76. The van der Waals surface area contributed by atoms with Gasteiger partial charge in [-0.15, -0.1) is 23.2 Å². The third kappa shape index (κ3) is 14.7. The van der Waals surface area contributed by atoms with Crippen LogP contribution in [0.25, 0.3) is 0 Å².